The number of carbonyl (C=O) groups excluding carboxylic acids is 1. The maximum Gasteiger partial charge on any atom is 0.282 e. The third kappa shape index (κ3) is 6.71. The Morgan fingerprint density at radius 1 is 1.23 bits per heavy atom. The zero-order chi connectivity index (χ0) is 29.2. The molecule has 1 aromatic carbocycles. The van der Waals surface area contributed by atoms with Gasteiger partial charge in [-0.1, -0.05) is 13.8 Å². The summed E-state index contributed by atoms with van der Waals surface area (Å²) in [4.78, 5) is 24.3. The van der Waals surface area contributed by atoms with Gasteiger partial charge in [-0.25, -0.2) is 9.37 Å². The minimum atomic E-state index is -0.501. The number of likely N-dealkylation sites (tertiary alicyclic amines) is 1. The summed E-state index contributed by atoms with van der Waals surface area (Å²) in [5.74, 6) is 0.816. The lowest BCUT2D eigenvalue weighted by Gasteiger charge is -2.53. The minimum Gasteiger partial charge on any atom is -0.434 e. The Morgan fingerprint density at radius 2 is 1.95 bits per heavy atom. The van der Waals surface area contributed by atoms with E-state index in [4.69, 9.17) is 10.5 Å². The lowest BCUT2D eigenvalue weighted by atomic mass is 9.76. The summed E-state index contributed by atoms with van der Waals surface area (Å²) in [5.41, 5.74) is 6.48. The van der Waals surface area contributed by atoms with Crippen molar-refractivity contribution in [3.8, 4) is 11.6 Å². The van der Waals surface area contributed by atoms with Crippen molar-refractivity contribution in [2.45, 2.75) is 85.4 Å². The first-order chi connectivity index (χ1) is 18.8. The van der Waals surface area contributed by atoms with Crippen LogP contribution in [0.25, 0.3) is 0 Å². The second kappa shape index (κ2) is 11.9. The first-order valence-electron chi connectivity index (χ1n) is 14.6. The van der Waals surface area contributed by atoms with E-state index in [0.29, 0.717) is 24.3 Å². The van der Waals surface area contributed by atoms with Crippen molar-refractivity contribution < 1.29 is 13.9 Å². The Hall–Kier alpha value is -2.85. The van der Waals surface area contributed by atoms with Crippen molar-refractivity contribution in [3.05, 3.63) is 35.9 Å². The van der Waals surface area contributed by atoms with E-state index in [1.807, 2.05) is 20.8 Å². The summed E-state index contributed by atoms with van der Waals surface area (Å²) < 4.78 is 20.4. The maximum absolute atomic E-state index is 14.2. The second-order valence-electron chi connectivity index (χ2n) is 12.9. The van der Waals surface area contributed by atoms with Gasteiger partial charge < -0.3 is 20.3 Å². The van der Waals surface area contributed by atoms with Crippen LogP contribution in [-0.4, -0.2) is 81.2 Å². The van der Waals surface area contributed by atoms with Gasteiger partial charge in [0.1, 0.15) is 17.9 Å². The Kier molecular flexibility index (Phi) is 8.99. The highest BCUT2D eigenvalue weighted by Gasteiger charge is 2.50. The number of amides is 1. The van der Waals surface area contributed by atoms with Gasteiger partial charge in [-0.2, -0.15) is 0 Å². The number of hydrogen-bond donors (Lipinski definition) is 1. The molecule has 0 aliphatic carbocycles. The fourth-order valence-corrected chi connectivity index (χ4v) is 6.18. The van der Waals surface area contributed by atoms with Crippen LogP contribution >= 0.6 is 0 Å². The fourth-order valence-electron chi connectivity index (χ4n) is 6.18. The van der Waals surface area contributed by atoms with Gasteiger partial charge in [-0.15, -0.1) is 10.2 Å². The van der Waals surface area contributed by atoms with Gasteiger partial charge in [0.2, 0.25) is 0 Å². The van der Waals surface area contributed by atoms with Crippen LogP contribution in [-0.2, 0) is 0 Å². The molecule has 0 bridgehead atoms. The average Bonchev–Trinajstić information content (AvgIpc) is 3.30. The molecule has 2 N–H and O–H groups in total. The average molecular weight is 556 g/mol. The van der Waals surface area contributed by atoms with E-state index >= 15 is 0 Å². The molecule has 9 nitrogen and oxygen atoms in total. The predicted molar refractivity (Wildman–Crippen MR) is 155 cm³/mol. The van der Waals surface area contributed by atoms with Gasteiger partial charge in [-0.3, -0.25) is 9.69 Å². The van der Waals surface area contributed by atoms with Gasteiger partial charge in [-0.05, 0) is 78.0 Å². The number of rotatable bonds is 11. The summed E-state index contributed by atoms with van der Waals surface area (Å²) in [6.45, 7) is 18.8. The zero-order valence-electron chi connectivity index (χ0n) is 25.2. The number of anilines is 1. The van der Waals surface area contributed by atoms with Crippen LogP contribution in [0.2, 0.25) is 0 Å². The smallest absolute Gasteiger partial charge is 0.282 e. The molecule has 1 aromatic heterocycles. The molecule has 2 aliphatic heterocycles. The number of nitrogens with zero attached hydrogens (tertiary/aromatic N) is 6. The van der Waals surface area contributed by atoms with Crippen molar-refractivity contribution in [1.82, 2.24) is 25.0 Å². The fraction of sp³-hybridized carbons (Fsp3) is 0.667. The normalized spacial score (nSPS) is 17.9. The van der Waals surface area contributed by atoms with E-state index in [2.05, 4.69) is 52.7 Å². The number of nitrogens with two attached hydrogens (primary N) is 1. The summed E-state index contributed by atoms with van der Waals surface area (Å²) in [7, 11) is 0. The molecule has 40 heavy (non-hydrogen) atoms. The van der Waals surface area contributed by atoms with Gasteiger partial charge in [0.15, 0.2) is 5.82 Å². The highest BCUT2D eigenvalue weighted by atomic mass is 19.1. The third-order valence-electron chi connectivity index (χ3n) is 8.31. The molecule has 1 amide bonds. The molecule has 4 rings (SSSR count). The monoisotopic (exact) mass is 555 g/mol. The van der Waals surface area contributed by atoms with E-state index in [1.165, 1.54) is 24.5 Å². The molecule has 2 aliphatic rings. The van der Waals surface area contributed by atoms with Crippen LogP contribution in [0.3, 0.4) is 0 Å². The zero-order valence-corrected chi connectivity index (χ0v) is 25.2. The van der Waals surface area contributed by atoms with Crippen molar-refractivity contribution in [2.75, 3.05) is 37.6 Å². The van der Waals surface area contributed by atoms with Gasteiger partial charge >= 0.3 is 0 Å². The van der Waals surface area contributed by atoms with Gasteiger partial charge in [0, 0.05) is 55.8 Å². The van der Waals surface area contributed by atoms with E-state index in [-0.39, 0.29) is 40.1 Å². The summed E-state index contributed by atoms with van der Waals surface area (Å²) in [6, 6.07) is 4.45. The van der Waals surface area contributed by atoms with Gasteiger partial charge in [0.05, 0.1) is 5.56 Å². The van der Waals surface area contributed by atoms with Crippen molar-refractivity contribution in [2.24, 2.45) is 17.1 Å². The summed E-state index contributed by atoms with van der Waals surface area (Å²) in [5, 5.41) is 8.18. The molecule has 220 valence electrons. The van der Waals surface area contributed by atoms with Crippen LogP contribution < -0.4 is 15.4 Å². The molecule has 0 saturated carbocycles. The Balaban J connectivity index is 1.49. The molecular formula is C30H46FN7O2. The Labute approximate surface area is 238 Å². The molecule has 3 heterocycles. The van der Waals surface area contributed by atoms with E-state index in [1.54, 1.807) is 4.90 Å². The molecule has 0 radical (unpaired) electrons. The molecule has 1 atom stereocenters. The Bertz CT molecular complexity index is 1180. The lowest BCUT2D eigenvalue weighted by molar-refractivity contribution is -0.0351. The van der Waals surface area contributed by atoms with E-state index < -0.39 is 5.82 Å². The number of benzene rings is 1. The number of ether oxygens (including phenoxy) is 1. The standard InChI is InChI=1S/C30H46FN7O2/c1-8-38(21(4)5)28(39)23-15-22(31)9-10-25(23)40-27-26(33-19-34-35-27)36-14-13-30(16-36)17-37(18-30)24(20(2)3)11-12-29(6,7)32/h9-10,15,19-21,24H,8,11-14,16-18,32H2,1-7H3/t24-/m1/s1. The topological polar surface area (TPSA) is 101 Å². The van der Waals surface area contributed by atoms with Crippen LogP contribution in [0.5, 0.6) is 11.6 Å². The molecule has 2 aromatic rings. The minimum absolute atomic E-state index is 0.0396. The van der Waals surface area contributed by atoms with Crippen LogP contribution in [0.4, 0.5) is 10.2 Å². The number of aromatic nitrogens is 3. The number of hydrogen-bond acceptors (Lipinski definition) is 8. The maximum atomic E-state index is 14.2. The van der Waals surface area contributed by atoms with Crippen molar-refractivity contribution in [3.63, 3.8) is 0 Å². The van der Waals surface area contributed by atoms with Crippen LogP contribution in [0.15, 0.2) is 24.5 Å². The molecule has 0 unspecified atom stereocenters. The first kappa shape index (κ1) is 30.1. The van der Waals surface area contributed by atoms with Crippen molar-refractivity contribution in [1.29, 1.82) is 0 Å². The van der Waals surface area contributed by atoms with Gasteiger partial charge in [0.25, 0.3) is 11.8 Å². The summed E-state index contributed by atoms with van der Waals surface area (Å²) >= 11 is 0. The Morgan fingerprint density at radius 3 is 2.58 bits per heavy atom. The predicted octanol–water partition coefficient (Wildman–Crippen LogP) is 4.73. The van der Waals surface area contributed by atoms with E-state index in [0.717, 1.165) is 45.4 Å². The third-order valence-corrected chi connectivity index (χ3v) is 8.31. The molecule has 1 spiro atoms. The highest BCUT2D eigenvalue weighted by Crippen LogP contribution is 2.44. The highest BCUT2D eigenvalue weighted by molar-refractivity contribution is 5.97. The molecule has 10 heteroatoms. The SMILES string of the molecule is CCN(C(=O)c1cc(F)ccc1Oc1nncnc1N1CCC2(C1)CN([C@H](CCC(C)(C)N)C(C)C)C2)C(C)C. The molecule has 2 fully saturated rings. The largest absolute Gasteiger partial charge is 0.434 e. The van der Waals surface area contributed by atoms with Crippen LogP contribution in [0.1, 0.15) is 78.1 Å². The second-order valence-corrected chi connectivity index (χ2v) is 12.9. The quantitative estimate of drug-likeness (QED) is 0.425. The van der Waals surface area contributed by atoms with E-state index in [9.17, 15) is 9.18 Å². The van der Waals surface area contributed by atoms with Crippen molar-refractivity contribution >= 4 is 11.7 Å². The summed E-state index contributed by atoms with van der Waals surface area (Å²) in [6.07, 6.45) is 4.57. The molecular weight excluding hydrogens is 509 g/mol. The number of halogens is 1. The first-order valence-corrected chi connectivity index (χ1v) is 14.6. The molecule has 2 saturated heterocycles. The lowest BCUT2D eigenvalue weighted by Crippen LogP contribution is -2.62. The number of carbonyl (C=O) groups is 1. The van der Waals surface area contributed by atoms with Crippen LogP contribution in [0, 0.1) is 17.2 Å².